The molecule has 0 spiro atoms. The highest BCUT2D eigenvalue weighted by Crippen LogP contribution is 2.34. The summed E-state index contributed by atoms with van der Waals surface area (Å²) in [6.07, 6.45) is 7.01. The van der Waals surface area contributed by atoms with Crippen LogP contribution >= 0.6 is 0 Å². The maximum absolute atomic E-state index is 13.0. The van der Waals surface area contributed by atoms with E-state index in [0.29, 0.717) is 17.1 Å². The number of fused-ring (bicyclic) bond motifs is 4. The van der Waals surface area contributed by atoms with Gasteiger partial charge in [0.15, 0.2) is 11.0 Å². The summed E-state index contributed by atoms with van der Waals surface area (Å²) in [5.41, 5.74) is 2.01. The Bertz CT molecular complexity index is 917. The van der Waals surface area contributed by atoms with Crippen molar-refractivity contribution in [2.45, 2.75) is 36.4 Å². The average Bonchev–Trinajstić information content (AvgIpc) is 3.16. The molecule has 3 aromatic rings. The fourth-order valence-corrected chi connectivity index (χ4v) is 5.69. The zero-order valence-electron chi connectivity index (χ0n) is 15.1. The molecule has 140 valence electrons. The van der Waals surface area contributed by atoms with E-state index < -0.39 is 11.0 Å². The van der Waals surface area contributed by atoms with Gasteiger partial charge in [-0.15, -0.1) is 0 Å². The number of pyridine rings is 1. The van der Waals surface area contributed by atoms with E-state index in [4.69, 9.17) is 4.42 Å². The van der Waals surface area contributed by atoms with E-state index in [1.54, 1.807) is 0 Å². The van der Waals surface area contributed by atoms with Gasteiger partial charge >= 0.3 is 0 Å². The van der Waals surface area contributed by atoms with Crippen LogP contribution in [-0.4, -0.2) is 39.3 Å². The van der Waals surface area contributed by atoms with Crippen molar-refractivity contribution in [2.75, 3.05) is 13.1 Å². The molecule has 6 rings (SSSR count). The Hall–Kier alpha value is -2.02. The Labute approximate surface area is 161 Å². The highest BCUT2D eigenvalue weighted by Gasteiger charge is 2.43. The van der Waals surface area contributed by atoms with E-state index in [-0.39, 0.29) is 6.04 Å². The number of hydrogen-bond acceptors (Lipinski definition) is 4. The third-order valence-electron chi connectivity index (χ3n) is 5.96. The zero-order chi connectivity index (χ0) is 18.2. The quantitative estimate of drug-likeness (QED) is 0.738. The van der Waals surface area contributed by atoms with E-state index in [9.17, 15) is 4.21 Å². The van der Waals surface area contributed by atoms with Crippen LogP contribution in [0, 0.1) is 5.92 Å². The number of piperidine rings is 3. The first kappa shape index (κ1) is 17.1. The van der Waals surface area contributed by atoms with Gasteiger partial charge in [0, 0.05) is 35.9 Å². The van der Waals surface area contributed by atoms with Gasteiger partial charge in [-0.3, -0.25) is 9.88 Å². The van der Waals surface area contributed by atoms with Gasteiger partial charge < -0.3 is 4.42 Å². The first-order chi connectivity index (χ1) is 13.3. The minimum absolute atomic E-state index is 0.196. The molecule has 2 bridgehead atoms. The largest absolute Gasteiger partial charge is 0.446 e. The summed E-state index contributed by atoms with van der Waals surface area (Å²) in [5, 5.41) is 1.50. The van der Waals surface area contributed by atoms with Crippen molar-refractivity contribution in [2.24, 2.45) is 5.92 Å². The number of aromatic nitrogens is 1. The number of furan rings is 1. The van der Waals surface area contributed by atoms with Crippen molar-refractivity contribution in [3.63, 3.8) is 0 Å². The highest BCUT2D eigenvalue weighted by atomic mass is 32.2. The molecule has 3 atom stereocenters. The van der Waals surface area contributed by atoms with Crippen LogP contribution in [0.4, 0.5) is 0 Å². The van der Waals surface area contributed by atoms with E-state index in [1.165, 1.54) is 18.4 Å². The van der Waals surface area contributed by atoms with Crippen molar-refractivity contribution in [1.82, 2.24) is 14.6 Å². The van der Waals surface area contributed by atoms with Crippen LogP contribution in [0.1, 0.15) is 18.4 Å². The molecule has 0 radical (unpaired) electrons. The molecule has 27 heavy (non-hydrogen) atoms. The second kappa shape index (κ2) is 7.19. The van der Waals surface area contributed by atoms with E-state index in [0.717, 1.165) is 30.5 Å². The summed E-state index contributed by atoms with van der Waals surface area (Å²) >= 11 is 0. The van der Waals surface area contributed by atoms with E-state index in [1.807, 2.05) is 48.8 Å². The molecule has 5 heterocycles. The van der Waals surface area contributed by atoms with Gasteiger partial charge in [-0.05, 0) is 56.0 Å². The maximum Gasteiger partial charge on any atom is 0.206 e. The normalized spacial score (nSPS) is 28.4. The SMILES string of the molecule is O=S(N[C@@H]1C2CCN(CC2)[C@H]1Cc1cccnc1)c1cc2ccccc2o1. The molecular formula is C21H23N3O2S. The van der Waals surface area contributed by atoms with Crippen LogP contribution < -0.4 is 4.72 Å². The van der Waals surface area contributed by atoms with Crippen LogP contribution in [-0.2, 0) is 17.4 Å². The Morgan fingerprint density at radius 3 is 2.81 bits per heavy atom. The summed E-state index contributed by atoms with van der Waals surface area (Å²) in [7, 11) is -1.35. The summed E-state index contributed by atoms with van der Waals surface area (Å²) in [6.45, 7) is 2.26. The van der Waals surface area contributed by atoms with Crippen LogP contribution in [0.25, 0.3) is 11.0 Å². The van der Waals surface area contributed by atoms with Gasteiger partial charge in [-0.1, -0.05) is 24.3 Å². The monoisotopic (exact) mass is 381 g/mol. The Kier molecular flexibility index (Phi) is 4.55. The van der Waals surface area contributed by atoms with Gasteiger partial charge in [0.25, 0.3) is 0 Å². The number of nitrogens with zero attached hydrogens (tertiary/aromatic N) is 2. The molecule has 3 aliphatic heterocycles. The Morgan fingerprint density at radius 1 is 1.19 bits per heavy atom. The van der Waals surface area contributed by atoms with Gasteiger partial charge in [0.05, 0.1) is 0 Å². The molecule has 1 N–H and O–H groups in total. The first-order valence-electron chi connectivity index (χ1n) is 9.57. The predicted octanol–water partition coefficient (Wildman–Crippen LogP) is 3.15. The fraction of sp³-hybridized carbons (Fsp3) is 0.381. The molecular weight excluding hydrogens is 358 g/mol. The zero-order valence-corrected chi connectivity index (χ0v) is 15.9. The molecule has 5 nitrogen and oxygen atoms in total. The van der Waals surface area contributed by atoms with Crippen molar-refractivity contribution >= 4 is 22.0 Å². The van der Waals surface area contributed by atoms with Gasteiger partial charge in [-0.2, -0.15) is 0 Å². The van der Waals surface area contributed by atoms with Crippen LogP contribution in [0.2, 0.25) is 0 Å². The molecule has 3 aliphatic rings. The van der Waals surface area contributed by atoms with Crippen LogP contribution in [0.5, 0.6) is 0 Å². The average molecular weight is 382 g/mol. The lowest BCUT2D eigenvalue weighted by Crippen LogP contribution is -2.63. The molecule has 6 heteroatoms. The minimum Gasteiger partial charge on any atom is -0.446 e. The van der Waals surface area contributed by atoms with Crippen LogP contribution in [0.15, 0.2) is 64.4 Å². The number of nitrogens with one attached hydrogen (secondary N) is 1. The molecule has 0 aliphatic carbocycles. The number of benzene rings is 1. The second-order valence-electron chi connectivity index (χ2n) is 7.52. The Morgan fingerprint density at radius 2 is 2.04 bits per heavy atom. The predicted molar refractivity (Wildman–Crippen MR) is 106 cm³/mol. The topological polar surface area (TPSA) is 58.4 Å². The van der Waals surface area contributed by atoms with Crippen molar-refractivity contribution < 1.29 is 8.63 Å². The second-order valence-corrected chi connectivity index (χ2v) is 8.70. The molecule has 0 amide bonds. The smallest absolute Gasteiger partial charge is 0.206 e. The molecule has 1 aromatic carbocycles. The molecule has 0 saturated carbocycles. The van der Waals surface area contributed by atoms with Crippen molar-refractivity contribution in [3.8, 4) is 0 Å². The third-order valence-corrected chi connectivity index (χ3v) is 7.01. The molecule has 3 saturated heterocycles. The summed E-state index contributed by atoms with van der Waals surface area (Å²) in [4.78, 5) is 6.80. The number of rotatable bonds is 5. The molecule has 3 fully saturated rings. The number of hydrogen-bond donors (Lipinski definition) is 1. The standard InChI is InChI=1S/C21H23N3O2S/c25-27(20-13-17-5-1-2-6-19(17)26-20)23-21-16-7-10-24(11-8-16)18(21)12-15-4-3-9-22-14-15/h1-6,9,13-14,16,18,21,23H,7-8,10-12H2/t18-,21+,27?/m0/s1. The summed E-state index contributed by atoms with van der Waals surface area (Å²) < 4.78 is 22.3. The maximum atomic E-state index is 13.0. The van der Waals surface area contributed by atoms with Crippen LogP contribution in [0.3, 0.4) is 0 Å². The summed E-state index contributed by atoms with van der Waals surface area (Å²) in [6, 6.07) is 14.3. The lowest BCUT2D eigenvalue weighted by molar-refractivity contribution is 0.0227. The molecule has 1 unspecified atom stereocenters. The first-order valence-corrected chi connectivity index (χ1v) is 10.7. The van der Waals surface area contributed by atoms with E-state index in [2.05, 4.69) is 20.7 Å². The lowest BCUT2D eigenvalue weighted by atomic mass is 9.77. The van der Waals surface area contributed by atoms with Crippen molar-refractivity contribution in [1.29, 1.82) is 0 Å². The van der Waals surface area contributed by atoms with Gasteiger partial charge in [0.1, 0.15) is 5.58 Å². The molecule has 2 aromatic heterocycles. The third kappa shape index (κ3) is 3.33. The Balaban J connectivity index is 1.38. The highest BCUT2D eigenvalue weighted by molar-refractivity contribution is 7.82. The number of para-hydroxylation sites is 1. The fourth-order valence-electron chi connectivity index (χ4n) is 4.57. The lowest BCUT2D eigenvalue weighted by Gasteiger charge is -2.51. The van der Waals surface area contributed by atoms with Crippen molar-refractivity contribution in [3.05, 3.63) is 60.4 Å². The van der Waals surface area contributed by atoms with Gasteiger partial charge in [0.2, 0.25) is 5.09 Å². The minimum atomic E-state index is -1.35. The van der Waals surface area contributed by atoms with E-state index >= 15 is 0 Å². The summed E-state index contributed by atoms with van der Waals surface area (Å²) in [5.74, 6) is 0.560. The van der Waals surface area contributed by atoms with Gasteiger partial charge in [-0.25, -0.2) is 8.93 Å².